The minimum Gasteiger partial charge on any atom is -0.467 e. The lowest BCUT2D eigenvalue weighted by Crippen LogP contribution is -2.28. The number of hydrogen-bond acceptors (Lipinski definition) is 5. The molecule has 2 aromatic heterocycles. The molecule has 0 unspecified atom stereocenters. The van der Waals surface area contributed by atoms with Gasteiger partial charge < -0.3 is 20.5 Å². The Hall–Kier alpha value is -3.78. The molecule has 0 fully saturated rings. The van der Waals surface area contributed by atoms with E-state index in [-0.39, 0.29) is 12.6 Å². The number of amides is 2. The summed E-state index contributed by atoms with van der Waals surface area (Å²) in [6.07, 6.45) is 3.84. The largest absolute Gasteiger partial charge is 0.467 e. The van der Waals surface area contributed by atoms with Gasteiger partial charge in [-0.05, 0) is 55.0 Å². The molecule has 2 amide bonds. The van der Waals surface area contributed by atoms with E-state index in [0.717, 1.165) is 21.8 Å². The molecule has 4 rings (SSSR count). The Bertz CT molecular complexity index is 1230. The Labute approximate surface area is 191 Å². The quantitative estimate of drug-likeness (QED) is 0.223. The first-order valence-corrected chi connectivity index (χ1v) is 10.6. The molecule has 0 aliphatic carbocycles. The maximum absolute atomic E-state index is 12.5. The monoisotopic (exact) mass is 445 g/mol. The van der Waals surface area contributed by atoms with Gasteiger partial charge in [-0.3, -0.25) is 0 Å². The molecule has 8 heteroatoms. The Morgan fingerprint density at radius 2 is 1.97 bits per heavy atom. The topological polar surface area (TPSA) is 95.9 Å². The van der Waals surface area contributed by atoms with Crippen LogP contribution in [0, 0.1) is 5.41 Å². The van der Waals surface area contributed by atoms with Gasteiger partial charge in [0, 0.05) is 21.7 Å². The van der Waals surface area contributed by atoms with Gasteiger partial charge >= 0.3 is 6.03 Å². The van der Waals surface area contributed by atoms with Gasteiger partial charge in [0.05, 0.1) is 36.1 Å². The number of furan rings is 1. The fourth-order valence-electron chi connectivity index (χ4n) is 3.33. The van der Waals surface area contributed by atoms with E-state index in [2.05, 4.69) is 28.4 Å². The van der Waals surface area contributed by atoms with Crippen LogP contribution in [0.1, 0.15) is 24.7 Å². The first-order valence-electron chi connectivity index (χ1n) is 10.2. The molecular formula is C24H23N5O2S. The van der Waals surface area contributed by atoms with Crippen LogP contribution in [0.3, 0.4) is 0 Å². The molecule has 32 heavy (non-hydrogen) atoms. The van der Waals surface area contributed by atoms with E-state index in [1.807, 2.05) is 60.1 Å². The summed E-state index contributed by atoms with van der Waals surface area (Å²) >= 11 is 4.34. The van der Waals surface area contributed by atoms with Crippen molar-refractivity contribution in [1.82, 2.24) is 15.1 Å². The summed E-state index contributed by atoms with van der Waals surface area (Å²) in [6, 6.07) is 18.5. The normalized spacial score (nSPS) is 10.7. The Morgan fingerprint density at radius 3 is 2.69 bits per heavy atom. The third-order valence-electron chi connectivity index (χ3n) is 4.98. The van der Waals surface area contributed by atoms with E-state index in [1.165, 1.54) is 0 Å². The predicted molar refractivity (Wildman–Crippen MR) is 128 cm³/mol. The van der Waals surface area contributed by atoms with E-state index >= 15 is 0 Å². The minimum absolute atomic E-state index is 0.271. The van der Waals surface area contributed by atoms with Crippen LogP contribution in [0.4, 0.5) is 10.5 Å². The van der Waals surface area contributed by atoms with Crippen LogP contribution in [0.2, 0.25) is 0 Å². The molecule has 0 spiro atoms. The molecule has 4 aromatic rings. The highest BCUT2D eigenvalue weighted by Crippen LogP contribution is 2.28. The summed E-state index contributed by atoms with van der Waals surface area (Å²) < 4.78 is 7.08. The third-order valence-corrected chi connectivity index (χ3v) is 5.28. The molecule has 0 atom stereocenters. The van der Waals surface area contributed by atoms with Crippen LogP contribution in [0.5, 0.6) is 0 Å². The predicted octanol–water partition coefficient (Wildman–Crippen LogP) is 5.52. The first kappa shape index (κ1) is 21.5. The number of nitrogens with zero attached hydrogens (tertiary/aromatic N) is 2. The molecule has 162 valence electrons. The summed E-state index contributed by atoms with van der Waals surface area (Å²) in [6.45, 7) is 2.18. The lowest BCUT2D eigenvalue weighted by molar-refractivity contribution is 0.251. The maximum atomic E-state index is 12.5. The second-order valence-corrected chi connectivity index (χ2v) is 7.64. The fraction of sp³-hybridized carbons (Fsp3) is 0.125. The molecule has 0 saturated carbocycles. The summed E-state index contributed by atoms with van der Waals surface area (Å²) in [5.74, 6) is 0.659. The zero-order chi connectivity index (χ0) is 22.5. The van der Waals surface area contributed by atoms with Crippen molar-refractivity contribution in [3.8, 4) is 16.9 Å². The second kappa shape index (κ2) is 9.57. The van der Waals surface area contributed by atoms with Crippen LogP contribution in [0.15, 0.2) is 82.4 Å². The number of aromatic nitrogens is 2. The molecule has 3 N–H and O–H groups in total. The fourth-order valence-corrected chi connectivity index (χ4v) is 3.48. The van der Waals surface area contributed by atoms with Gasteiger partial charge in [-0.2, -0.15) is 5.10 Å². The standard InChI is InChI=1S/C24H23N5O2S/c1-2-21(25)20-10-5-16(14-22(20)28-24(30)26-15-18-4-3-13-31-18)23-11-12-27-29(23)17-6-8-19(32)9-7-17/h3-14,25,32H,2,15H2,1H3,(H2,26,28,30). The van der Waals surface area contributed by atoms with E-state index in [1.54, 1.807) is 24.6 Å². The van der Waals surface area contributed by atoms with Gasteiger partial charge in [-0.15, -0.1) is 12.6 Å². The van der Waals surface area contributed by atoms with Crippen molar-refractivity contribution in [3.63, 3.8) is 0 Å². The number of thiol groups is 1. The van der Waals surface area contributed by atoms with Crippen molar-refractivity contribution < 1.29 is 9.21 Å². The van der Waals surface area contributed by atoms with Crippen LogP contribution in [-0.4, -0.2) is 21.5 Å². The number of carbonyl (C=O) groups excluding carboxylic acids is 1. The number of benzene rings is 2. The minimum atomic E-state index is -0.374. The van der Waals surface area contributed by atoms with Gasteiger partial charge in [0.1, 0.15) is 5.76 Å². The van der Waals surface area contributed by atoms with Crippen LogP contribution < -0.4 is 10.6 Å². The molecule has 0 radical (unpaired) electrons. The maximum Gasteiger partial charge on any atom is 0.319 e. The summed E-state index contributed by atoms with van der Waals surface area (Å²) in [5.41, 5.74) is 4.31. The number of urea groups is 1. The molecule has 0 bridgehead atoms. The van der Waals surface area contributed by atoms with E-state index in [9.17, 15) is 4.79 Å². The highest BCUT2D eigenvalue weighted by molar-refractivity contribution is 7.80. The van der Waals surface area contributed by atoms with Crippen molar-refractivity contribution in [3.05, 3.63) is 84.4 Å². The molecule has 2 aromatic carbocycles. The molecule has 7 nitrogen and oxygen atoms in total. The molecule has 0 aliphatic rings. The first-order chi connectivity index (χ1) is 15.5. The lowest BCUT2D eigenvalue weighted by Gasteiger charge is -2.15. The average Bonchev–Trinajstić information content (AvgIpc) is 3.50. The molecular weight excluding hydrogens is 422 g/mol. The number of anilines is 1. The summed E-state index contributed by atoms with van der Waals surface area (Å²) in [5, 5.41) is 18.4. The average molecular weight is 446 g/mol. The van der Waals surface area contributed by atoms with E-state index in [4.69, 9.17) is 9.83 Å². The molecule has 0 saturated heterocycles. The number of hydrogen-bond donors (Lipinski definition) is 4. The summed E-state index contributed by atoms with van der Waals surface area (Å²) in [7, 11) is 0. The van der Waals surface area contributed by atoms with Crippen LogP contribution in [-0.2, 0) is 6.54 Å². The molecule has 0 aliphatic heterocycles. The van der Waals surface area contributed by atoms with Crippen molar-refractivity contribution in [1.29, 1.82) is 5.41 Å². The van der Waals surface area contributed by atoms with Crippen molar-refractivity contribution in [2.45, 2.75) is 24.8 Å². The third kappa shape index (κ3) is 4.76. The van der Waals surface area contributed by atoms with Crippen molar-refractivity contribution >= 4 is 30.1 Å². The highest BCUT2D eigenvalue weighted by Gasteiger charge is 2.14. The Balaban J connectivity index is 1.63. The van der Waals surface area contributed by atoms with Crippen molar-refractivity contribution in [2.75, 3.05) is 5.32 Å². The highest BCUT2D eigenvalue weighted by atomic mass is 32.1. The van der Waals surface area contributed by atoms with Gasteiger partial charge in [-0.1, -0.05) is 19.1 Å². The van der Waals surface area contributed by atoms with Gasteiger partial charge in [0.25, 0.3) is 0 Å². The van der Waals surface area contributed by atoms with Gasteiger partial charge in [0.15, 0.2) is 0 Å². The van der Waals surface area contributed by atoms with Gasteiger partial charge in [-0.25, -0.2) is 9.48 Å². The smallest absolute Gasteiger partial charge is 0.319 e. The second-order valence-electron chi connectivity index (χ2n) is 7.12. The Kier molecular flexibility index (Phi) is 6.42. The lowest BCUT2D eigenvalue weighted by atomic mass is 10.0. The zero-order valence-electron chi connectivity index (χ0n) is 17.5. The number of rotatable bonds is 7. The van der Waals surface area contributed by atoms with Crippen LogP contribution >= 0.6 is 12.6 Å². The van der Waals surface area contributed by atoms with E-state index in [0.29, 0.717) is 29.1 Å². The van der Waals surface area contributed by atoms with Crippen molar-refractivity contribution in [2.24, 2.45) is 0 Å². The summed E-state index contributed by atoms with van der Waals surface area (Å²) in [4.78, 5) is 13.4. The van der Waals surface area contributed by atoms with E-state index < -0.39 is 0 Å². The number of nitrogens with one attached hydrogen (secondary N) is 3. The van der Waals surface area contributed by atoms with Crippen LogP contribution in [0.25, 0.3) is 16.9 Å². The van der Waals surface area contributed by atoms with Gasteiger partial charge in [0.2, 0.25) is 0 Å². The SMILES string of the molecule is CCC(=N)c1ccc(-c2ccnn2-c2ccc(S)cc2)cc1NC(=O)NCc1ccco1. The number of carbonyl (C=O) groups is 1. The zero-order valence-corrected chi connectivity index (χ0v) is 18.4. The molecule has 2 heterocycles. The Morgan fingerprint density at radius 1 is 1.16 bits per heavy atom.